The molecule has 0 aliphatic carbocycles. The van der Waals surface area contributed by atoms with E-state index in [0.29, 0.717) is 13.2 Å². The molecule has 3 heteroatoms. The smallest absolute Gasteiger partial charge is 0.169 e. The quantitative estimate of drug-likeness (QED) is 0.828. The minimum absolute atomic E-state index is 0.0490. The van der Waals surface area contributed by atoms with Crippen LogP contribution in [0.1, 0.15) is 28.4 Å². The highest BCUT2D eigenvalue weighted by atomic mass is 16.5. The summed E-state index contributed by atoms with van der Waals surface area (Å²) in [4.78, 5) is 12.5. The van der Waals surface area contributed by atoms with E-state index in [-0.39, 0.29) is 17.7 Å². The molecule has 1 saturated heterocycles. The number of ketones is 1. The first-order valence-electron chi connectivity index (χ1n) is 6.56. The predicted octanol–water partition coefficient (Wildman–Crippen LogP) is 2.11. The van der Waals surface area contributed by atoms with Gasteiger partial charge in [-0.25, -0.2) is 0 Å². The fraction of sp³-hybridized carbons (Fsp3) is 0.533. The Bertz CT molecular complexity index is 442. The third-order valence-corrected chi connectivity index (χ3v) is 3.68. The lowest BCUT2D eigenvalue weighted by atomic mass is 9.92. The molecule has 2 unspecified atom stereocenters. The van der Waals surface area contributed by atoms with Crippen LogP contribution in [0.25, 0.3) is 0 Å². The van der Waals surface area contributed by atoms with Crippen molar-refractivity contribution in [2.24, 2.45) is 5.92 Å². The lowest BCUT2D eigenvalue weighted by molar-refractivity contribution is 0.0891. The molecule has 2 atom stereocenters. The van der Waals surface area contributed by atoms with Crippen molar-refractivity contribution < 1.29 is 9.53 Å². The fourth-order valence-electron chi connectivity index (χ4n) is 2.38. The van der Waals surface area contributed by atoms with Crippen LogP contribution in [0.3, 0.4) is 0 Å². The topological polar surface area (TPSA) is 38.3 Å². The summed E-state index contributed by atoms with van der Waals surface area (Å²) in [6.07, 6.45) is 0. The molecule has 0 aromatic heterocycles. The lowest BCUT2D eigenvalue weighted by Crippen LogP contribution is -2.39. The number of ether oxygens (including phenoxy) is 1. The molecule has 18 heavy (non-hydrogen) atoms. The van der Waals surface area contributed by atoms with Gasteiger partial charge in [-0.05, 0) is 37.6 Å². The van der Waals surface area contributed by atoms with E-state index >= 15 is 0 Å². The summed E-state index contributed by atoms with van der Waals surface area (Å²) in [5, 5.41) is 3.33. The maximum Gasteiger partial charge on any atom is 0.169 e. The highest BCUT2D eigenvalue weighted by molar-refractivity contribution is 5.98. The predicted molar refractivity (Wildman–Crippen MR) is 72.0 cm³/mol. The first-order chi connectivity index (χ1) is 8.63. The van der Waals surface area contributed by atoms with Gasteiger partial charge in [0, 0.05) is 11.6 Å². The monoisotopic (exact) mass is 247 g/mol. The van der Waals surface area contributed by atoms with Gasteiger partial charge < -0.3 is 10.1 Å². The van der Waals surface area contributed by atoms with Crippen LogP contribution in [0, 0.1) is 19.8 Å². The first kappa shape index (κ1) is 13.2. The van der Waals surface area contributed by atoms with E-state index in [1.807, 2.05) is 25.1 Å². The number of benzene rings is 1. The summed E-state index contributed by atoms with van der Waals surface area (Å²) in [7, 11) is 0. The van der Waals surface area contributed by atoms with E-state index in [0.717, 1.165) is 12.1 Å². The molecule has 0 amide bonds. The number of Topliss-reactive ketones (excluding diaryl/α,β-unsaturated/α-hetero) is 1. The molecule has 2 rings (SSSR count). The molecule has 1 aromatic carbocycles. The Balaban J connectivity index is 2.17. The molecule has 1 N–H and O–H groups in total. The van der Waals surface area contributed by atoms with Gasteiger partial charge in [-0.3, -0.25) is 4.79 Å². The Labute approximate surface area is 109 Å². The van der Waals surface area contributed by atoms with Gasteiger partial charge >= 0.3 is 0 Å². The molecule has 0 radical (unpaired) electrons. The molecular weight excluding hydrogens is 226 g/mol. The van der Waals surface area contributed by atoms with E-state index in [1.54, 1.807) is 0 Å². The summed E-state index contributed by atoms with van der Waals surface area (Å²) in [5.41, 5.74) is 3.19. The first-order valence-corrected chi connectivity index (χ1v) is 6.56. The van der Waals surface area contributed by atoms with E-state index < -0.39 is 0 Å². The summed E-state index contributed by atoms with van der Waals surface area (Å²) in [6.45, 7) is 8.18. The number of likely N-dealkylation sites (N-methyl/N-ethyl adjacent to an activating group) is 1. The van der Waals surface area contributed by atoms with Gasteiger partial charge in [0.05, 0.1) is 19.1 Å². The van der Waals surface area contributed by atoms with Crippen molar-refractivity contribution in [3.05, 3.63) is 34.9 Å². The average Bonchev–Trinajstić information content (AvgIpc) is 2.80. The molecule has 1 aromatic rings. The SMILES string of the molecule is CCNC1COCC1C(=O)c1ccc(C)c(C)c1. The number of nitrogens with one attached hydrogen (secondary N) is 1. The summed E-state index contributed by atoms with van der Waals surface area (Å²) >= 11 is 0. The largest absolute Gasteiger partial charge is 0.379 e. The number of aryl methyl sites for hydroxylation is 2. The van der Waals surface area contributed by atoms with E-state index in [2.05, 4.69) is 19.2 Å². The van der Waals surface area contributed by atoms with Crippen molar-refractivity contribution in [3.63, 3.8) is 0 Å². The summed E-state index contributed by atoms with van der Waals surface area (Å²) in [6, 6.07) is 6.08. The third-order valence-electron chi connectivity index (χ3n) is 3.68. The van der Waals surface area contributed by atoms with Gasteiger partial charge in [-0.2, -0.15) is 0 Å². The maximum atomic E-state index is 12.5. The Morgan fingerprint density at radius 3 is 2.78 bits per heavy atom. The van der Waals surface area contributed by atoms with E-state index in [1.165, 1.54) is 11.1 Å². The molecule has 1 fully saturated rings. The minimum atomic E-state index is -0.0490. The fourth-order valence-corrected chi connectivity index (χ4v) is 2.38. The van der Waals surface area contributed by atoms with Crippen molar-refractivity contribution in [1.29, 1.82) is 0 Å². The zero-order chi connectivity index (χ0) is 13.1. The molecule has 0 saturated carbocycles. The minimum Gasteiger partial charge on any atom is -0.379 e. The van der Waals surface area contributed by atoms with Crippen molar-refractivity contribution >= 4 is 5.78 Å². The Kier molecular flexibility index (Phi) is 4.15. The molecular formula is C15H21NO2. The number of hydrogen-bond acceptors (Lipinski definition) is 3. The van der Waals surface area contributed by atoms with Crippen LogP contribution >= 0.6 is 0 Å². The van der Waals surface area contributed by atoms with Crippen LogP contribution in [-0.2, 0) is 4.74 Å². The standard InChI is InChI=1S/C15H21NO2/c1-4-16-14-9-18-8-13(14)15(17)12-6-5-10(2)11(3)7-12/h5-7,13-14,16H,4,8-9H2,1-3H3. The number of carbonyl (C=O) groups excluding carboxylic acids is 1. The second-order valence-electron chi connectivity index (χ2n) is 4.97. The average molecular weight is 247 g/mol. The van der Waals surface area contributed by atoms with Crippen molar-refractivity contribution in [3.8, 4) is 0 Å². The highest BCUT2D eigenvalue weighted by Crippen LogP contribution is 2.21. The van der Waals surface area contributed by atoms with Crippen molar-refractivity contribution in [2.45, 2.75) is 26.8 Å². The van der Waals surface area contributed by atoms with Crippen LogP contribution in [0.5, 0.6) is 0 Å². The molecule has 3 nitrogen and oxygen atoms in total. The zero-order valence-corrected chi connectivity index (χ0v) is 11.3. The van der Waals surface area contributed by atoms with Crippen LogP contribution in [-0.4, -0.2) is 31.6 Å². The Hall–Kier alpha value is -1.19. The summed E-state index contributed by atoms with van der Waals surface area (Å²) < 4.78 is 5.44. The molecule has 1 heterocycles. The third kappa shape index (κ3) is 2.62. The van der Waals surface area contributed by atoms with E-state index in [4.69, 9.17) is 4.74 Å². The maximum absolute atomic E-state index is 12.5. The van der Waals surface area contributed by atoms with Gasteiger partial charge in [0.2, 0.25) is 0 Å². The van der Waals surface area contributed by atoms with Crippen molar-refractivity contribution in [1.82, 2.24) is 5.32 Å². The van der Waals surface area contributed by atoms with Gasteiger partial charge in [-0.15, -0.1) is 0 Å². The van der Waals surface area contributed by atoms with Gasteiger partial charge in [0.1, 0.15) is 0 Å². The normalized spacial score (nSPS) is 23.3. The Morgan fingerprint density at radius 1 is 1.33 bits per heavy atom. The van der Waals surface area contributed by atoms with Crippen LogP contribution in [0.4, 0.5) is 0 Å². The van der Waals surface area contributed by atoms with E-state index in [9.17, 15) is 4.79 Å². The second-order valence-corrected chi connectivity index (χ2v) is 4.97. The molecule has 98 valence electrons. The number of hydrogen-bond donors (Lipinski definition) is 1. The van der Waals surface area contributed by atoms with Crippen LogP contribution in [0.15, 0.2) is 18.2 Å². The lowest BCUT2D eigenvalue weighted by Gasteiger charge is -2.17. The van der Waals surface area contributed by atoms with Gasteiger partial charge in [0.25, 0.3) is 0 Å². The molecule has 1 aliphatic heterocycles. The Morgan fingerprint density at radius 2 is 2.11 bits per heavy atom. The zero-order valence-electron chi connectivity index (χ0n) is 11.3. The summed E-state index contributed by atoms with van der Waals surface area (Å²) in [5.74, 6) is 0.147. The molecule has 0 spiro atoms. The van der Waals surface area contributed by atoms with Gasteiger partial charge in [-0.1, -0.05) is 19.1 Å². The molecule has 1 aliphatic rings. The van der Waals surface area contributed by atoms with Gasteiger partial charge in [0.15, 0.2) is 5.78 Å². The highest BCUT2D eigenvalue weighted by Gasteiger charge is 2.33. The van der Waals surface area contributed by atoms with Crippen molar-refractivity contribution in [2.75, 3.05) is 19.8 Å². The number of carbonyl (C=O) groups is 1. The second kappa shape index (κ2) is 5.63. The number of rotatable bonds is 4. The van der Waals surface area contributed by atoms with Crippen LogP contribution < -0.4 is 5.32 Å². The van der Waals surface area contributed by atoms with Crippen LogP contribution in [0.2, 0.25) is 0 Å². The molecule has 0 bridgehead atoms.